The van der Waals surface area contributed by atoms with Crippen LogP contribution < -0.4 is 11.0 Å². The zero-order valence-corrected chi connectivity index (χ0v) is 12.5. The molecule has 1 rings (SSSR count). The molecular formula is C12H16N2O7S. The van der Waals surface area contributed by atoms with Gasteiger partial charge in [0.15, 0.2) is 0 Å². The van der Waals surface area contributed by atoms with Crippen molar-refractivity contribution in [2.75, 3.05) is 0 Å². The molecule has 2 atom stereocenters. The van der Waals surface area contributed by atoms with Crippen molar-refractivity contribution in [2.45, 2.75) is 26.0 Å². The van der Waals surface area contributed by atoms with Gasteiger partial charge in [-0.3, -0.25) is 4.55 Å². The summed E-state index contributed by atoms with van der Waals surface area (Å²) in [5.41, 5.74) is 4.77. The van der Waals surface area contributed by atoms with Gasteiger partial charge in [0.1, 0.15) is 6.61 Å². The van der Waals surface area contributed by atoms with E-state index in [1.807, 2.05) is 11.5 Å². The molecule has 0 saturated carbocycles. The third kappa shape index (κ3) is 8.32. The van der Waals surface area contributed by atoms with Crippen molar-refractivity contribution >= 4 is 23.4 Å². The fourth-order valence-electron chi connectivity index (χ4n) is 1.31. The van der Waals surface area contributed by atoms with Crippen LogP contribution in [0.2, 0.25) is 0 Å². The van der Waals surface area contributed by atoms with E-state index in [1.54, 1.807) is 24.3 Å². The quantitative estimate of drug-likeness (QED) is 0.495. The Balaban J connectivity index is 2.17. The first kappa shape index (κ1) is 18.0. The molecule has 122 valence electrons. The Hall–Kier alpha value is -2.01. The fraction of sp³-hybridized carbons (Fsp3) is 0.333. The van der Waals surface area contributed by atoms with Gasteiger partial charge in [0.25, 0.3) is 0 Å². The average molecular weight is 332 g/mol. The number of amides is 1. The van der Waals surface area contributed by atoms with Crippen LogP contribution >= 0.6 is 0 Å². The molecule has 22 heavy (non-hydrogen) atoms. The van der Waals surface area contributed by atoms with Crippen LogP contribution in [-0.4, -0.2) is 26.9 Å². The Morgan fingerprint density at radius 2 is 2.00 bits per heavy atom. The van der Waals surface area contributed by atoms with Crippen LogP contribution in [0.15, 0.2) is 30.3 Å². The van der Waals surface area contributed by atoms with Gasteiger partial charge in [0.05, 0.1) is 6.42 Å². The van der Waals surface area contributed by atoms with E-state index in [2.05, 4.69) is 14.6 Å². The molecular weight excluding hydrogens is 316 g/mol. The highest BCUT2D eigenvalue weighted by atomic mass is 32.2. The molecule has 1 aromatic rings. The molecule has 3 N–H and O–H groups in total. The third-order valence-electron chi connectivity index (χ3n) is 2.25. The van der Waals surface area contributed by atoms with Gasteiger partial charge in [-0.1, -0.05) is 30.3 Å². The van der Waals surface area contributed by atoms with E-state index in [0.717, 1.165) is 5.56 Å². The fourth-order valence-corrected chi connectivity index (χ4v) is 1.55. The topological polar surface area (TPSA) is 123 Å². The molecule has 1 amide bonds. The second-order valence-corrected chi connectivity index (χ2v) is 4.76. The van der Waals surface area contributed by atoms with E-state index in [9.17, 15) is 13.8 Å². The van der Waals surface area contributed by atoms with Gasteiger partial charge in [-0.15, -0.1) is 5.48 Å². The summed E-state index contributed by atoms with van der Waals surface area (Å²) in [4.78, 5) is 27.1. The minimum atomic E-state index is -2.49. The molecule has 0 fully saturated rings. The standard InChI is InChI=1S/C12H16N2O7S/c1-9(13-21-22(17)18)7-11(15)20-14-12(16)19-8-10-5-3-2-4-6-10/h2-6,9,13H,7-8H2,1H3,(H,14,16)(H,17,18). The molecule has 0 aliphatic carbocycles. The van der Waals surface area contributed by atoms with E-state index >= 15 is 0 Å². The highest BCUT2D eigenvalue weighted by Gasteiger charge is 2.13. The SMILES string of the molecule is CC(CC(=O)ONC(=O)OCc1ccccc1)NOS(=O)O. The van der Waals surface area contributed by atoms with Crippen molar-refractivity contribution in [1.82, 2.24) is 11.0 Å². The number of hydrogen-bond acceptors (Lipinski definition) is 7. The first-order valence-corrected chi connectivity index (χ1v) is 7.20. The predicted molar refractivity (Wildman–Crippen MR) is 74.9 cm³/mol. The lowest BCUT2D eigenvalue weighted by Gasteiger charge is -2.11. The van der Waals surface area contributed by atoms with Gasteiger partial charge < -0.3 is 9.57 Å². The second-order valence-electron chi connectivity index (χ2n) is 4.16. The summed E-state index contributed by atoms with van der Waals surface area (Å²) >= 11 is -2.49. The summed E-state index contributed by atoms with van der Waals surface area (Å²) in [6.07, 6.45) is -1.11. The maximum Gasteiger partial charge on any atom is 0.441 e. The smallest absolute Gasteiger partial charge is 0.441 e. The molecule has 0 aromatic heterocycles. The zero-order valence-electron chi connectivity index (χ0n) is 11.7. The molecule has 0 aliphatic rings. The first-order chi connectivity index (χ1) is 10.5. The zero-order chi connectivity index (χ0) is 16.4. The third-order valence-corrected chi connectivity index (χ3v) is 2.49. The lowest BCUT2D eigenvalue weighted by atomic mass is 10.2. The number of benzene rings is 1. The Morgan fingerprint density at radius 3 is 2.64 bits per heavy atom. The summed E-state index contributed by atoms with van der Waals surface area (Å²) in [5, 5.41) is 0. The molecule has 2 unspecified atom stereocenters. The van der Waals surface area contributed by atoms with Crippen LogP contribution in [-0.2, 0) is 36.6 Å². The maximum atomic E-state index is 11.4. The Labute approximate surface area is 129 Å². The summed E-state index contributed by atoms with van der Waals surface area (Å²) < 4.78 is 27.6. The minimum Gasteiger partial charge on any atom is -0.443 e. The van der Waals surface area contributed by atoms with Gasteiger partial charge in [-0.25, -0.2) is 9.59 Å². The number of ether oxygens (including phenoxy) is 1. The van der Waals surface area contributed by atoms with Gasteiger partial charge >= 0.3 is 23.4 Å². The van der Waals surface area contributed by atoms with Crippen molar-refractivity contribution in [3.63, 3.8) is 0 Å². The number of carbonyl (C=O) groups excluding carboxylic acids is 2. The molecule has 10 heteroatoms. The number of nitrogens with one attached hydrogen (secondary N) is 2. The molecule has 0 radical (unpaired) electrons. The predicted octanol–water partition coefficient (Wildman–Crippen LogP) is 0.808. The van der Waals surface area contributed by atoms with Gasteiger partial charge in [-0.2, -0.15) is 14.0 Å². The van der Waals surface area contributed by atoms with E-state index in [4.69, 9.17) is 9.29 Å². The normalized spacial score (nSPS) is 13.0. The van der Waals surface area contributed by atoms with E-state index in [0.29, 0.717) is 0 Å². The average Bonchev–Trinajstić information content (AvgIpc) is 2.50. The number of rotatable bonds is 7. The lowest BCUT2D eigenvalue weighted by molar-refractivity contribution is -0.150. The van der Waals surface area contributed by atoms with Gasteiger partial charge in [-0.05, 0) is 12.5 Å². The summed E-state index contributed by atoms with van der Waals surface area (Å²) in [6.45, 7) is 1.56. The second kappa shape index (κ2) is 9.84. The summed E-state index contributed by atoms with van der Waals surface area (Å²) in [5.74, 6) is -0.774. The van der Waals surface area contributed by atoms with Crippen molar-refractivity contribution in [2.24, 2.45) is 0 Å². The highest BCUT2D eigenvalue weighted by molar-refractivity contribution is 7.74. The van der Waals surface area contributed by atoms with Crippen molar-refractivity contribution in [1.29, 1.82) is 0 Å². The van der Waals surface area contributed by atoms with Crippen LogP contribution in [0.25, 0.3) is 0 Å². The maximum absolute atomic E-state index is 11.4. The van der Waals surface area contributed by atoms with Crippen LogP contribution in [0.5, 0.6) is 0 Å². The van der Waals surface area contributed by atoms with Crippen molar-refractivity contribution in [3.05, 3.63) is 35.9 Å². The van der Waals surface area contributed by atoms with Crippen LogP contribution in [0.3, 0.4) is 0 Å². The first-order valence-electron chi connectivity index (χ1n) is 6.17. The molecule has 1 aromatic carbocycles. The molecule has 0 heterocycles. The van der Waals surface area contributed by atoms with Gasteiger partial charge in [0.2, 0.25) is 0 Å². The van der Waals surface area contributed by atoms with E-state index in [1.165, 1.54) is 6.92 Å². The van der Waals surface area contributed by atoms with Gasteiger partial charge in [0, 0.05) is 6.04 Å². The number of hydrogen-bond donors (Lipinski definition) is 3. The Bertz CT molecular complexity index is 511. The monoisotopic (exact) mass is 332 g/mol. The number of hydroxylamine groups is 2. The molecule has 0 saturated heterocycles. The Morgan fingerprint density at radius 1 is 1.32 bits per heavy atom. The molecule has 0 spiro atoms. The Kier molecular flexibility index (Phi) is 8.07. The van der Waals surface area contributed by atoms with E-state index in [-0.39, 0.29) is 13.0 Å². The summed E-state index contributed by atoms with van der Waals surface area (Å²) in [7, 11) is 0. The van der Waals surface area contributed by atoms with Crippen LogP contribution in [0.4, 0.5) is 4.79 Å². The highest BCUT2D eigenvalue weighted by Crippen LogP contribution is 2.00. The van der Waals surface area contributed by atoms with Crippen LogP contribution in [0.1, 0.15) is 18.9 Å². The molecule has 0 bridgehead atoms. The minimum absolute atomic E-state index is 0.0400. The van der Waals surface area contributed by atoms with Crippen LogP contribution in [0, 0.1) is 0 Å². The molecule has 9 nitrogen and oxygen atoms in total. The molecule has 0 aliphatic heterocycles. The van der Waals surface area contributed by atoms with Crippen molar-refractivity contribution in [3.8, 4) is 0 Å². The lowest BCUT2D eigenvalue weighted by Crippen LogP contribution is -2.33. The number of carbonyl (C=O) groups is 2. The summed E-state index contributed by atoms with van der Waals surface area (Å²) in [6, 6.07) is 8.39. The van der Waals surface area contributed by atoms with E-state index < -0.39 is 29.5 Å². The largest absolute Gasteiger partial charge is 0.443 e. The van der Waals surface area contributed by atoms with Crippen molar-refractivity contribution < 1.29 is 32.2 Å².